The van der Waals surface area contributed by atoms with E-state index in [0.717, 1.165) is 6.08 Å². The number of allylic oxidation sites excluding steroid dienone is 4. The SMILES string of the molecule is FC1=CC(c2ccccc2)=C(Cl)C(Cl)(Cl)C1(Cl)Cl. The van der Waals surface area contributed by atoms with Gasteiger partial charge in [-0.1, -0.05) is 88.3 Å². The van der Waals surface area contributed by atoms with Crippen LogP contribution in [0.25, 0.3) is 5.57 Å². The molecule has 0 atom stereocenters. The number of rotatable bonds is 1. The van der Waals surface area contributed by atoms with E-state index in [-0.39, 0.29) is 5.03 Å². The zero-order chi connectivity index (χ0) is 13.6. The van der Waals surface area contributed by atoms with Crippen LogP contribution in [0, 0.1) is 0 Å². The third-order valence-electron chi connectivity index (χ3n) is 2.56. The second-order valence-corrected chi connectivity index (χ2v) is 6.77. The molecule has 0 bridgehead atoms. The number of alkyl halides is 4. The van der Waals surface area contributed by atoms with Crippen molar-refractivity contribution in [1.82, 2.24) is 0 Å². The first-order chi connectivity index (χ1) is 8.28. The summed E-state index contributed by atoms with van der Waals surface area (Å²) >= 11 is 29.7. The molecule has 96 valence electrons. The van der Waals surface area contributed by atoms with Crippen LogP contribution in [-0.2, 0) is 0 Å². The lowest BCUT2D eigenvalue weighted by Gasteiger charge is -2.35. The lowest BCUT2D eigenvalue weighted by molar-refractivity contribution is 0.558. The molecular weight excluding hydrogens is 340 g/mol. The molecule has 1 aliphatic carbocycles. The van der Waals surface area contributed by atoms with Gasteiger partial charge < -0.3 is 0 Å². The molecule has 0 unspecified atom stereocenters. The summed E-state index contributed by atoms with van der Waals surface area (Å²) < 4.78 is 9.85. The molecule has 6 heteroatoms. The van der Waals surface area contributed by atoms with Crippen LogP contribution in [0.15, 0.2) is 47.3 Å². The highest BCUT2D eigenvalue weighted by Gasteiger charge is 2.56. The fourth-order valence-corrected chi connectivity index (χ4v) is 2.65. The molecule has 18 heavy (non-hydrogen) atoms. The normalized spacial score (nSPS) is 21.8. The zero-order valence-electron chi connectivity index (χ0n) is 8.73. The van der Waals surface area contributed by atoms with Crippen molar-refractivity contribution in [3.05, 3.63) is 52.8 Å². The summed E-state index contributed by atoms with van der Waals surface area (Å²) in [4.78, 5) is 0. The lowest BCUT2D eigenvalue weighted by atomic mass is 9.97. The summed E-state index contributed by atoms with van der Waals surface area (Å²) in [5, 5.41) is -0.0107. The van der Waals surface area contributed by atoms with Crippen LogP contribution in [-0.4, -0.2) is 8.67 Å². The van der Waals surface area contributed by atoms with Crippen molar-refractivity contribution in [2.24, 2.45) is 0 Å². The minimum absolute atomic E-state index is 0.0107. The number of hydrogen-bond acceptors (Lipinski definition) is 0. The highest BCUT2D eigenvalue weighted by Crippen LogP contribution is 2.57. The first kappa shape index (κ1) is 14.5. The lowest BCUT2D eigenvalue weighted by Crippen LogP contribution is -2.40. The number of hydrogen-bond donors (Lipinski definition) is 0. The van der Waals surface area contributed by atoms with E-state index >= 15 is 0 Å². The summed E-state index contributed by atoms with van der Waals surface area (Å²) in [7, 11) is 0. The van der Waals surface area contributed by atoms with Crippen LogP contribution in [0.2, 0.25) is 0 Å². The predicted octanol–water partition coefficient (Wildman–Crippen LogP) is 5.85. The Hall–Kier alpha value is 0.0800. The maximum Gasteiger partial charge on any atom is 0.206 e. The minimum atomic E-state index is -2.11. The molecule has 2 rings (SSSR count). The average Bonchev–Trinajstić information content (AvgIpc) is 2.34. The van der Waals surface area contributed by atoms with E-state index in [2.05, 4.69) is 0 Å². The van der Waals surface area contributed by atoms with Crippen LogP contribution in [0.1, 0.15) is 5.56 Å². The van der Waals surface area contributed by atoms with Gasteiger partial charge in [-0.2, -0.15) is 0 Å². The second kappa shape index (κ2) is 4.88. The Labute approximate surface area is 129 Å². The molecule has 0 aliphatic heterocycles. The van der Waals surface area contributed by atoms with Gasteiger partial charge in [0.25, 0.3) is 0 Å². The van der Waals surface area contributed by atoms with Gasteiger partial charge in [0, 0.05) is 5.57 Å². The van der Waals surface area contributed by atoms with Gasteiger partial charge in [-0.25, -0.2) is 4.39 Å². The van der Waals surface area contributed by atoms with Crippen molar-refractivity contribution < 1.29 is 4.39 Å². The van der Waals surface area contributed by atoms with Gasteiger partial charge in [-0.3, -0.25) is 0 Å². The average molecular weight is 346 g/mol. The molecule has 0 aromatic heterocycles. The summed E-state index contributed by atoms with van der Waals surface area (Å²) in [6, 6.07) is 8.89. The molecule has 1 aromatic rings. The molecule has 0 radical (unpaired) electrons. The summed E-state index contributed by atoms with van der Waals surface area (Å²) in [5.41, 5.74) is 1.03. The Balaban J connectivity index is 2.63. The first-order valence-electron chi connectivity index (χ1n) is 4.87. The Bertz CT molecular complexity index is 531. The van der Waals surface area contributed by atoms with Gasteiger partial charge >= 0.3 is 0 Å². The second-order valence-electron chi connectivity index (χ2n) is 3.73. The smallest absolute Gasteiger partial charge is 0.206 e. The summed E-state index contributed by atoms with van der Waals surface area (Å²) in [6.45, 7) is 0. The third-order valence-corrected chi connectivity index (χ3v) is 5.50. The number of benzene rings is 1. The van der Waals surface area contributed by atoms with E-state index in [1.54, 1.807) is 24.3 Å². The summed E-state index contributed by atoms with van der Waals surface area (Å²) in [5.74, 6) is -0.848. The Morgan fingerprint density at radius 1 is 0.889 bits per heavy atom. The molecule has 0 spiro atoms. The van der Waals surface area contributed by atoms with Crippen LogP contribution in [0.5, 0.6) is 0 Å². The van der Waals surface area contributed by atoms with Crippen molar-refractivity contribution in [3.63, 3.8) is 0 Å². The molecule has 0 amide bonds. The maximum atomic E-state index is 13.9. The maximum absolute atomic E-state index is 13.9. The highest BCUT2D eigenvalue weighted by molar-refractivity contribution is 6.68. The molecule has 1 aromatic carbocycles. The van der Waals surface area contributed by atoms with E-state index in [1.807, 2.05) is 6.07 Å². The highest BCUT2D eigenvalue weighted by atomic mass is 35.5. The third kappa shape index (κ3) is 2.17. The van der Waals surface area contributed by atoms with Crippen molar-refractivity contribution in [3.8, 4) is 0 Å². The van der Waals surface area contributed by atoms with Crippen LogP contribution >= 0.6 is 58.0 Å². The molecule has 0 saturated heterocycles. The van der Waals surface area contributed by atoms with Crippen LogP contribution in [0.4, 0.5) is 4.39 Å². The molecule has 1 aliphatic rings. The van der Waals surface area contributed by atoms with Crippen LogP contribution in [0.3, 0.4) is 0 Å². The Morgan fingerprint density at radius 3 is 2.00 bits per heavy atom. The first-order valence-corrected chi connectivity index (χ1v) is 6.76. The van der Waals surface area contributed by atoms with E-state index in [9.17, 15) is 4.39 Å². The molecule has 0 nitrogen and oxygen atoms in total. The fraction of sp³-hybridized carbons (Fsp3) is 0.167. The van der Waals surface area contributed by atoms with Crippen molar-refractivity contribution in [2.75, 3.05) is 0 Å². The molecule has 0 saturated carbocycles. The van der Waals surface area contributed by atoms with Crippen LogP contribution < -0.4 is 0 Å². The zero-order valence-corrected chi connectivity index (χ0v) is 12.5. The van der Waals surface area contributed by atoms with Gasteiger partial charge in [-0.05, 0) is 11.6 Å². The minimum Gasteiger partial charge on any atom is -0.208 e. The molecule has 0 N–H and O–H groups in total. The Kier molecular flexibility index (Phi) is 3.93. The Morgan fingerprint density at radius 2 is 1.44 bits per heavy atom. The summed E-state index contributed by atoms with van der Waals surface area (Å²) in [6.07, 6.45) is 1.14. The van der Waals surface area contributed by atoms with E-state index < -0.39 is 14.5 Å². The van der Waals surface area contributed by atoms with E-state index in [0.29, 0.717) is 11.1 Å². The standard InChI is InChI=1S/C12H6Cl5F/c13-10-8(7-4-2-1-3-5-7)6-9(18)11(14,15)12(10,16)17/h1-6H. The number of halogens is 6. The van der Waals surface area contributed by atoms with Crippen molar-refractivity contribution >= 4 is 63.6 Å². The van der Waals surface area contributed by atoms with Gasteiger partial charge in [0.05, 0.1) is 5.03 Å². The topological polar surface area (TPSA) is 0 Å². The molecule has 0 fully saturated rings. The van der Waals surface area contributed by atoms with Crippen molar-refractivity contribution in [2.45, 2.75) is 8.67 Å². The fourth-order valence-electron chi connectivity index (χ4n) is 1.57. The monoisotopic (exact) mass is 344 g/mol. The van der Waals surface area contributed by atoms with E-state index in [1.165, 1.54) is 0 Å². The van der Waals surface area contributed by atoms with Gasteiger partial charge in [-0.15, -0.1) is 0 Å². The van der Waals surface area contributed by atoms with Gasteiger partial charge in [0.1, 0.15) is 5.83 Å². The predicted molar refractivity (Wildman–Crippen MR) is 77.3 cm³/mol. The van der Waals surface area contributed by atoms with E-state index in [4.69, 9.17) is 58.0 Å². The van der Waals surface area contributed by atoms with Gasteiger partial charge in [0.15, 0.2) is 4.33 Å². The quantitative estimate of drug-likeness (QED) is 0.559. The molecular formula is C12H6Cl5F. The van der Waals surface area contributed by atoms with Crippen molar-refractivity contribution in [1.29, 1.82) is 0 Å². The largest absolute Gasteiger partial charge is 0.208 e. The molecule has 0 heterocycles. The van der Waals surface area contributed by atoms with Gasteiger partial charge in [0.2, 0.25) is 4.33 Å².